The van der Waals surface area contributed by atoms with Crippen molar-refractivity contribution in [3.05, 3.63) is 40.9 Å². The van der Waals surface area contributed by atoms with Crippen LogP contribution in [0.15, 0.2) is 30.4 Å². The molecular weight excluding hydrogens is 240 g/mol. The fraction of sp³-hybridized carbons (Fsp3) is 0.308. The molecule has 0 aliphatic rings. The number of rotatable bonds is 6. The lowest BCUT2D eigenvalue weighted by atomic mass is 10.0. The molecule has 3 nitrogen and oxygen atoms in total. The van der Waals surface area contributed by atoms with Gasteiger partial charge in [0.25, 0.3) is 0 Å². The minimum Gasteiger partial charge on any atom is -0.496 e. The molecule has 0 aliphatic carbocycles. The highest BCUT2D eigenvalue weighted by atomic mass is 35.5. The Labute approximate surface area is 106 Å². The van der Waals surface area contributed by atoms with Crippen molar-refractivity contribution >= 4 is 17.6 Å². The summed E-state index contributed by atoms with van der Waals surface area (Å²) in [6.45, 7) is 3.49. The second kappa shape index (κ2) is 6.30. The second-order valence-electron chi connectivity index (χ2n) is 3.72. The van der Waals surface area contributed by atoms with Gasteiger partial charge in [-0.15, -0.1) is 0 Å². The summed E-state index contributed by atoms with van der Waals surface area (Å²) in [4.78, 5) is 10.6. The maximum atomic E-state index is 10.6. The molecule has 4 heteroatoms. The Bertz CT molecular complexity index is 427. The van der Waals surface area contributed by atoms with Crippen LogP contribution in [-0.4, -0.2) is 18.2 Å². The van der Waals surface area contributed by atoms with Crippen LogP contribution in [0.5, 0.6) is 5.75 Å². The van der Waals surface area contributed by atoms with Gasteiger partial charge in [-0.05, 0) is 43.0 Å². The van der Waals surface area contributed by atoms with E-state index in [9.17, 15) is 4.79 Å². The van der Waals surface area contributed by atoms with Crippen LogP contribution in [0.4, 0.5) is 0 Å². The van der Waals surface area contributed by atoms with E-state index in [1.54, 1.807) is 13.2 Å². The molecule has 1 aromatic rings. The first kappa shape index (κ1) is 13.6. The zero-order valence-electron chi connectivity index (χ0n) is 9.70. The van der Waals surface area contributed by atoms with E-state index in [0.29, 0.717) is 17.9 Å². The van der Waals surface area contributed by atoms with Crippen LogP contribution in [0.3, 0.4) is 0 Å². The summed E-state index contributed by atoms with van der Waals surface area (Å²) in [6.07, 6.45) is 1.89. The van der Waals surface area contributed by atoms with Crippen molar-refractivity contribution in [2.24, 2.45) is 0 Å². The molecule has 0 unspecified atom stereocenters. The summed E-state index contributed by atoms with van der Waals surface area (Å²) in [5.74, 6) is -0.168. The molecule has 92 valence electrons. The van der Waals surface area contributed by atoms with Crippen LogP contribution in [0.25, 0.3) is 0 Å². The molecule has 0 bridgehead atoms. The Morgan fingerprint density at radius 3 is 2.82 bits per heavy atom. The van der Waals surface area contributed by atoms with Gasteiger partial charge in [0.2, 0.25) is 0 Å². The number of carboxylic acids is 1. The van der Waals surface area contributed by atoms with Crippen LogP contribution in [0.1, 0.15) is 18.4 Å². The topological polar surface area (TPSA) is 46.5 Å². The quantitative estimate of drug-likeness (QED) is 0.793. The monoisotopic (exact) mass is 254 g/mol. The fourth-order valence-electron chi connectivity index (χ4n) is 1.54. The summed E-state index contributed by atoms with van der Waals surface area (Å²) in [6, 6.07) is 5.41. The molecular formula is C13H15ClO3. The number of ether oxygens (including phenoxy) is 1. The first-order valence-electron chi connectivity index (χ1n) is 5.28. The molecule has 1 aromatic carbocycles. The highest BCUT2D eigenvalue weighted by Crippen LogP contribution is 2.24. The van der Waals surface area contributed by atoms with Gasteiger partial charge in [0.1, 0.15) is 5.75 Å². The number of aliphatic carboxylic acids is 1. The Hall–Kier alpha value is -1.48. The molecule has 0 aromatic heterocycles. The smallest absolute Gasteiger partial charge is 0.330 e. The third-order valence-corrected chi connectivity index (χ3v) is 2.70. The molecule has 0 amide bonds. The van der Waals surface area contributed by atoms with Crippen LogP contribution >= 0.6 is 11.6 Å². The minimum atomic E-state index is -0.942. The Morgan fingerprint density at radius 2 is 2.24 bits per heavy atom. The van der Waals surface area contributed by atoms with E-state index >= 15 is 0 Å². The van der Waals surface area contributed by atoms with Crippen LogP contribution < -0.4 is 4.74 Å². The molecule has 17 heavy (non-hydrogen) atoms. The summed E-state index contributed by atoms with van der Waals surface area (Å²) in [5, 5.41) is 9.33. The first-order chi connectivity index (χ1) is 8.04. The molecule has 1 rings (SSSR count). The predicted molar refractivity (Wildman–Crippen MR) is 67.7 cm³/mol. The van der Waals surface area contributed by atoms with E-state index in [1.807, 2.05) is 12.1 Å². The fourth-order valence-corrected chi connectivity index (χ4v) is 1.74. The Kier molecular flexibility index (Phi) is 5.04. The molecule has 0 spiro atoms. The van der Waals surface area contributed by atoms with Crippen molar-refractivity contribution in [1.82, 2.24) is 0 Å². The van der Waals surface area contributed by atoms with Crippen molar-refractivity contribution in [3.63, 3.8) is 0 Å². The van der Waals surface area contributed by atoms with Crippen molar-refractivity contribution in [2.45, 2.75) is 19.3 Å². The van der Waals surface area contributed by atoms with Crippen LogP contribution in [0.2, 0.25) is 5.02 Å². The SMILES string of the molecule is C=C(CCCc1cc(Cl)ccc1OC)C(=O)O. The Morgan fingerprint density at radius 1 is 1.53 bits per heavy atom. The minimum absolute atomic E-state index is 0.228. The zero-order valence-corrected chi connectivity index (χ0v) is 10.5. The maximum absolute atomic E-state index is 10.6. The summed E-state index contributed by atoms with van der Waals surface area (Å²) in [7, 11) is 1.60. The van der Waals surface area contributed by atoms with Gasteiger partial charge in [-0.3, -0.25) is 0 Å². The number of carbonyl (C=O) groups is 1. The third-order valence-electron chi connectivity index (χ3n) is 2.47. The molecule has 0 saturated carbocycles. The highest BCUT2D eigenvalue weighted by molar-refractivity contribution is 6.30. The standard InChI is InChI=1S/C13H15ClO3/c1-9(13(15)16)4-3-5-10-8-11(14)6-7-12(10)17-2/h6-8H,1,3-5H2,2H3,(H,15,16). The van der Waals surface area contributed by atoms with Crippen LogP contribution in [0, 0.1) is 0 Å². The first-order valence-corrected chi connectivity index (χ1v) is 5.66. The molecule has 0 radical (unpaired) electrons. The average Bonchev–Trinajstić information content (AvgIpc) is 2.29. The Balaban J connectivity index is 2.59. The largest absolute Gasteiger partial charge is 0.496 e. The van der Waals surface area contributed by atoms with E-state index in [-0.39, 0.29) is 5.57 Å². The number of carboxylic acid groups (broad SMARTS) is 1. The summed E-state index contributed by atoms with van der Waals surface area (Å²) < 4.78 is 5.21. The van der Waals surface area contributed by atoms with Gasteiger partial charge >= 0.3 is 5.97 Å². The molecule has 0 fully saturated rings. The average molecular weight is 255 g/mol. The van der Waals surface area contributed by atoms with Gasteiger partial charge in [-0.25, -0.2) is 4.79 Å². The van der Waals surface area contributed by atoms with E-state index in [2.05, 4.69) is 6.58 Å². The van der Waals surface area contributed by atoms with E-state index < -0.39 is 5.97 Å². The molecule has 0 saturated heterocycles. The molecule has 0 heterocycles. The highest BCUT2D eigenvalue weighted by Gasteiger charge is 2.07. The maximum Gasteiger partial charge on any atom is 0.330 e. The predicted octanol–water partition coefficient (Wildman–Crippen LogP) is 3.31. The lowest BCUT2D eigenvalue weighted by Crippen LogP contribution is -2.00. The van der Waals surface area contributed by atoms with E-state index in [4.69, 9.17) is 21.4 Å². The number of benzene rings is 1. The van der Waals surface area contributed by atoms with Gasteiger partial charge in [0.15, 0.2) is 0 Å². The van der Waals surface area contributed by atoms with Crippen molar-refractivity contribution < 1.29 is 14.6 Å². The molecule has 0 aliphatic heterocycles. The molecule has 0 atom stereocenters. The van der Waals surface area contributed by atoms with E-state index in [1.165, 1.54) is 0 Å². The molecule has 1 N–H and O–H groups in total. The number of aryl methyl sites for hydroxylation is 1. The van der Waals surface area contributed by atoms with Gasteiger partial charge in [-0.1, -0.05) is 18.2 Å². The van der Waals surface area contributed by atoms with E-state index in [0.717, 1.165) is 17.7 Å². The van der Waals surface area contributed by atoms with Crippen molar-refractivity contribution in [2.75, 3.05) is 7.11 Å². The van der Waals surface area contributed by atoms with Gasteiger partial charge in [0.05, 0.1) is 7.11 Å². The lowest BCUT2D eigenvalue weighted by Gasteiger charge is -2.08. The number of hydrogen-bond acceptors (Lipinski definition) is 2. The van der Waals surface area contributed by atoms with Crippen molar-refractivity contribution in [1.29, 1.82) is 0 Å². The zero-order chi connectivity index (χ0) is 12.8. The van der Waals surface area contributed by atoms with Gasteiger partial charge in [0, 0.05) is 10.6 Å². The second-order valence-corrected chi connectivity index (χ2v) is 4.15. The summed E-state index contributed by atoms with van der Waals surface area (Å²) in [5.41, 5.74) is 1.21. The van der Waals surface area contributed by atoms with Crippen molar-refractivity contribution in [3.8, 4) is 5.75 Å². The normalized spacial score (nSPS) is 10.0. The summed E-state index contributed by atoms with van der Waals surface area (Å²) >= 11 is 5.90. The number of hydrogen-bond donors (Lipinski definition) is 1. The lowest BCUT2D eigenvalue weighted by molar-refractivity contribution is -0.132. The number of methoxy groups -OCH3 is 1. The number of halogens is 1. The van der Waals surface area contributed by atoms with Gasteiger partial charge in [-0.2, -0.15) is 0 Å². The van der Waals surface area contributed by atoms with Crippen LogP contribution in [-0.2, 0) is 11.2 Å². The third kappa shape index (κ3) is 4.11. The van der Waals surface area contributed by atoms with Gasteiger partial charge < -0.3 is 9.84 Å².